The van der Waals surface area contributed by atoms with Crippen molar-refractivity contribution in [3.63, 3.8) is 0 Å². The Morgan fingerprint density at radius 3 is 2.00 bits per heavy atom. The van der Waals surface area contributed by atoms with Crippen molar-refractivity contribution >= 4 is 12.0 Å². The maximum absolute atomic E-state index is 13.2. The van der Waals surface area contributed by atoms with E-state index < -0.39 is 35.4 Å². The molecule has 200 valence electrons. The first kappa shape index (κ1) is 28.6. The van der Waals surface area contributed by atoms with Crippen LogP contribution in [0.1, 0.15) is 73.9 Å². The molecular formula is C27H30F6N3O+. The van der Waals surface area contributed by atoms with Gasteiger partial charge in [0.1, 0.15) is 0 Å². The Morgan fingerprint density at radius 2 is 1.51 bits per heavy atom. The number of carbonyl (C=O) groups excluding carboxylic acids is 1. The van der Waals surface area contributed by atoms with Crippen molar-refractivity contribution in [1.29, 1.82) is 5.53 Å². The van der Waals surface area contributed by atoms with Crippen LogP contribution in [0.3, 0.4) is 0 Å². The van der Waals surface area contributed by atoms with Gasteiger partial charge in [-0.05, 0) is 67.0 Å². The minimum absolute atomic E-state index is 0.294. The van der Waals surface area contributed by atoms with Gasteiger partial charge < -0.3 is 0 Å². The summed E-state index contributed by atoms with van der Waals surface area (Å²) >= 11 is 0. The van der Waals surface area contributed by atoms with Gasteiger partial charge in [-0.3, -0.25) is 9.69 Å². The molecule has 1 fully saturated rings. The van der Waals surface area contributed by atoms with E-state index in [0.717, 1.165) is 36.9 Å². The second-order valence-corrected chi connectivity index (χ2v) is 9.86. The molecule has 37 heavy (non-hydrogen) atoms. The SMILES string of the molecule is CC(C)CC[C@@H](c1ccc(C(F)(F)F)cc1)N1CC[C@@H](C(=O)C=[N+]=N)C[C@H]1c1ccc(C(F)(F)F)cc1. The summed E-state index contributed by atoms with van der Waals surface area (Å²) in [6, 6.07) is 9.09. The highest BCUT2D eigenvalue weighted by Crippen LogP contribution is 2.43. The van der Waals surface area contributed by atoms with Crippen molar-refractivity contribution in [2.24, 2.45) is 11.8 Å². The minimum Gasteiger partial charge on any atom is -0.289 e. The summed E-state index contributed by atoms with van der Waals surface area (Å²) in [5.74, 6) is -0.454. The average Bonchev–Trinajstić information content (AvgIpc) is 2.83. The zero-order valence-corrected chi connectivity index (χ0v) is 20.6. The lowest BCUT2D eigenvalue weighted by atomic mass is 9.82. The fourth-order valence-corrected chi connectivity index (χ4v) is 4.92. The number of likely N-dealkylation sites (tertiary alicyclic amines) is 1. The Morgan fingerprint density at radius 1 is 0.973 bits per heavy atom. The molecule has 0 saturated carbocycles. The van der Waals surface area contributed by atoms with Gasteiger partial charge in [-0.25, -0.2) is 0 Å². The van der Waals surface area contributed by atoms with Gasteiger partial charge in [0.05, 0.1) is 21.4 Å². The van der Waals surface area contributed by atoms with E-state index in [1.165, 1.54) is 24.3 Å². The number of alkyl halides is 6. The second kappa shape index (κ2) is 11.6. The number of Topliss-reactive ketones (excluding diaryl/α,β-unsaturated/α-hetero) is 1. The maximum Gasteiger partial charge on any atom is 0.416 e. The summed E-state index contributed by atoms with van der Waals surface area (Å²) in [4.78, 5) is 17.7. The van der Waals surface area contributed by atoms with Crippen molar-refractivity contribution < 1.29 is 35.9 Å². The number of carbonyl (C=O) groups is 1. The third-order valence-corrected chi connectivity index (χ3v) is 6.90. The quantitative estimate of drug-likeness (QED) is 0.167. The molecule has 1 aliphatic heterocycles. The van der Waals surface area contributed by atoms with E-state index in [1.807, 2.05) is 13.8 Å². The van der Waals surface area contributed by atoms with Crippen LogP contribution < -0.4 is 0 Å². The molecule has 0 aliphatic carbocycles. The van der Waals surface area contributed by atoms with Gasteiger partial charge in [0.15, 0.2) is 0 Å². The van der Waals surface area contributed by atoms with Crippen molar-refractivity contribution in [2.45, 2.75) is 64.0 Å². The molecule has 3 rings (SSSR count). The number of nitrogens with one attached hydrogen (secondary N) is 1. The molecule has 0 aromatic heterocycles. The highest BCUT2D eigenvalue weighted by atomic mass is 19.4. The summed E-state index contributed by atoms with van der Waals surface area (Å²) in [5, 5.41) is 0. The first-order chi connectivity index (χ1) is 17.3. The number of halogens is 6. The summed E-state index contributed by atoms with van der Waals surface area (Å²) in [6.45, 7) is 4.50. The summed E-state index contributed by atoms with van der Waals surface area (Å²) in [6.07, 6.45) is -5.85. The average molecular weight is 527 g/mol. The van der Waals surface area contributed by atoms with Crippen LogP contribution in [0.15, 0.2) is 48.5 Å². The minimum atomic E-state index is -4.49. The largest absolute Gasteiger partial charge is 0.416 e. The van der Waals surface area contributed by atoms with Crippen LogP contribution in [-0.2, 0) is 17.1 Å². The lowest BCUT2D eigenvalue weighted by Crippen LogP contribution is -2.41. The third-order valence-electron chi connectivity index (χ3n) is 6.90. The zero-order valence-electron chi connectivity index (χ0n) is 20.6. The molecular weight excluding hydrogens is 496 g/mol. The van der Waals surface area contributed by atoms with E-state index >= 15 is 0 Å². The molecule has 1 N–H and O–H groups in total. The van der Waals surface area contributed by atoms with E-state index in [1.54, 1.807) is 0 Å². The first-order valence-electron chi connectivity index (χ1n) is 12.1. The van der Waals surface area contributed by atoms with Gasteiger partial charge in [0, 0.05) is 24.5 Å². The Labute approximate surface area is 211 Å². The molecule has 10 heteroatoms. The van der Waals surface area contributed by atoms with Gasteiger partial charge in [0.2, 0.25) is 5.78 Å². The number of nitrogens with zero attached hydrogens (tertiary/aromatic N) is 2. The molecule has 4 nitrogen and oxygen atoms in total. The van der Waals surface area contributed by atoms with E-state index in [0.29, 0.717) is 42.9 Å². The molecule has 1 aliphatic rings. The number of ketones is 1. The van der Waals surface area contributed by atoms with Crippen molar-refractivity contribution in [3.8, 4) is 0 Å². The number of benzene rings is 2. The zero-order chi connectivity index (χ0) is 27.4. The standard InChI is InChI=1S/C27H30F6N3O/c1-17(2)3-12-23(18-4-8-21(9-5-18)26(28,29)30)36-14-13-20(25(37)16-35-34)15-24(36)19-6-10-22(11-7-19)27(31,32)33/h4-11,16-17,20,23-24,34H,3,12-15H2,1-2H3/q+1/t20-,23+,24+/m1/s1. The smallest absolute Gasteiger partial charge is 0.289 e. The highest BCUT2D eigenvalue weighted by Gasteiger charge is 2.39. The number of rotatable bonds is 8. The van der Waals surface area contributed by atoms with E-state index in [-0.39, 0.29) is 11.8 Å². The van der Waals surface area contributed by atoms with Crippen LogP contribution in [0.5, 0.6) is 0 Å². The van der Waals surface area contributed by atoms with Gasteiger partial charge in [-0.1, -0.05) is 38.1 Å². The number of hydrogen-bond donors (Lipinski definition) is 1. The van der Waals surface area contributed by atoms with E-state index in [4.69, 9.17) is 5.53 Å². The monoisotopic (exact) mass is 526 g/mol. The molecule has 2 aromatic carbocycles. The van der Waals surface area contributed by atoms with E-state index in [2.05, 4.69) is 9.69 Å². The Bertz CT molecular complexity index is 1100. The maximum atomic E-state index is 13.2. The van der Waals surface area contributed by atoms with Crippen molar-refractivity contribution in [3.05, 3.63) is 70.8 Å². The van der Waals surface area contributed by atoms with Crippen LogP contribution in [0.4, 0.5) is 26.3 Å². The van der Waals surface area contributed by atoms with Crippen molar-refractivity contribution in [1.82, 2.24) is 4.90 Å². The van der Waals surface area contributed by atoms with Crippen LogP contribution >= 0.6 is 0 Å². The Hall–Kier alpha value is -2.97. The molecule has 0 radical (unpaired) electrons. The van der Waals surface area contributed by atoms with Crippen molar-refractivity contribution in [2.75, 3.05) is 6.54 Å². The molecule has 0 spiro atoms. The molecule has 0 unspecified atom stereocenters. The Kier molecular flexibility index (Phi) is 8.97. The lowest BCUT2D eigenvalue weighted by molar-refractivity contribution is -0.138. The molecule has 0 amide bonds. The fourth-order valence-electron chi connectivity index (χ4n) is 4.92. The van der Waals surface area contributed by atoms with Gasteiger partial charge >= 0.3 is 18.6 Å². The summed E-state index contributed by atoms with van der Waals surface area (Å²) in [5.41, 5.74) is 6.71. The number of hydrogen-bond acceptors (Lipinski definition) is 3. The third kappa shape index (κ3) is 7.29. The highest BCUT2D eigenvalue weighted by molar-refractivity contribution is 6.26. The van der Waals surface area contributed by atoms with Crippen LogP contribution in [0, 0.1) is 17.4 Å². The van der Waals surface area contributed by atoms with Crippen LogP contribution in [0.2, 0.25) is 0 Å². The molecule has 2 aromatic rings. The predicted molar refractivity (Wildman–Crippen MR) is 126 cm³/mol. The molecule has 1 saturated heterocycles. The summed E-state index contributed by atoms with van der Waals surface area (Å²) in [7, 11) is 0. The topological polar surface area (TPSA) is 58.3 Å². The van der Waals surface area contributed by atoms with Gasteiger partial charge in [0.25, 0.3) is 0 Å². The van der Waals surface area contributed by atoms with E-state index in [9.17, 15) is 31.1 Å². The lowest BCUT2D eigenvalue weighted by Gasteiger charge is -2.44. The second-order valence-electron chi connectivity index (χ2n) is 9.86. The molecule has 0 bridgehead atoms. The number of piperidine rings is 1. The predicted octanol–water partition coefficient (Wildman–Crippen LogP) is 7.53. The normalized spacial score (nSPS) is 19.9. The van der Waals surface area contributed by atoms with Crippen LogP contribution in [0.25, 0.3) is 0 Å². The van der Waals surface area contributed by atoms with Crippen LogP contribution in [-0.4, -0.2) is 28.2 Å². The van der Waals surface area contributed by atoms with Gasteiger partial charge in [-0.15, -0.1) is 0 Å². The molecule has 1 heterocycles. The van der Waals surface area contributed by atoms with Gasteiger partial charge in [-0.2, -0.15) is 26.3 Å². The summed E-state index contributed by atoms with van der Waals surface area (Å²) < 4.78 is 79.0. The Balaban J connectivity index is 2.02. The molecule has 3 atom stereocenters. The first-order valence-corrected chi connectivity index (χ1v) is 12.1. The fraction of sp³-hybridized carbons (Fsp3) is 0.481.